The van der Waals surface area contributed by atoms with Crippen molar-refractivity contribution in [2.75, 3.05) is 7.11 Å². The summed E-state index contributed by atoms with van der Waals surface area (Å²) < 4.78 is 6.13. The van der Waals surface area contributed by atoms with E-state index < -0.39 is 12.1 Å². The van der Waals surface area contributed by atoms with Crippen LogP contribution in [0.3, 0.4) is 0 Å². The lowest BCUT2D eigenvalue weighted by Gasteiger charge is -2.05. The van der Waals surface area contributed by atoms with E-state index in [1.54, 1.807) is 16.9 Å². The van der Waals surface area contributed by atoms with E-state index >= 15 is 0 Å². The number of esters is 1. The van der Waals surface area contributed by atoms with Gasteiger partial charge in [0.25, 0.3) is 0 Å². The normalized spacial score (nSPS) is 12.5. The number of hydrogen-bond donors (Lipinski definition) is 1. The summed E-state index contributed by atoms with van der Waals surface area (Å²) in [5, 5.41) is 13.6. The first-order valence-corrected chi connectivity index (χ1v) is 4.45. The van der Waals surface area contributed by atoms with Crippen LogP contribution in [0.15, 0.2) is 12.3 Å². The lowest BCUT2D eigenvalue weighted by molar-refractivity contribution is -0.142. The van der Waals surface area contributed by atoms with Crippen LogP contribution in [0.1, 0.15) is 25.1 Å². The number of ether oxygens (including phenoxy) is 1. The largest absolute Gasteiger partial charge is 0.469 e. The van der Waals surface area contributed by atoms with Gasteiger partial charge in [-0.05, 0) is 13.0 Å². The minimum absolute atomic E-state index is 0.0583. The van der Waals surface area contributed by atoms with Crippen molar-refractivity contribution in [3.8, 4) is 0 Å². The highest BCUT2D eigenvalue weighted by Crippen LogP contribution is 2.14. The number of rotatable bonds is 4. The van der Waals surface area contributed by atoms with Crippen molar-refractivity contribution >= 4 is 5.97 Å². The van der Waals surface area contributed by atoms with Crippen LogP contribution in [0.2, 0.25) is 0 Å². The fourth-order valence-corrected chi connectivity index (χ4v) is 1.08. The zero-order valence-corrected chi connectivity index (χ0v) is 8.30. The number of carbonyl (C=O) groups excluding carboxylic acids is 1. The highest BCUT2D eigenvalue weighted by molar-refractivity contribution is 5.69. The lowest BCUT2D eigenvalue weighted by Crippen LogP contribution is -2.09. The van der Waals surface area contributed by atoms with Crippen LogP contribution < -0.4 is 0 Å². The molecule has 0 amide bonds. The maximum absolute atomic E-state index is 10.9. The number of hydrogen-bond acceptors (Lipinski definition) is 4. The predicted molar refractivity (Wildman–Crippen MR) is 49.5 cm³/mol. The number of aliphatic hydroxyl groups is 1. The third-order valence-electron chi connectivity index (χ3n) is 1.91. The molecular weight excluding hydrogens is 184 g/mol. The molecule has 0 bridgehead atoms. The molecule has 0 aliphatic rings. The van der Waals surface area contributed by atoms with Gasteiger partial charge in [-0.2, -0.15) is 5.10 Å². The highest BCUT2D eigenvalue weighted by Gasteiger charge is 2.15. The molecule has 1 aromatic heterocycles. The van der Waals surface area contributed by atoms with Crippen molar-refractivity contribution < 1.29 is 14.6 Å². The molecule has 0 spiro atoms. The molecule has 1 aromatic rings. The summed E-state index contributed by atoms with van der Waals surface area (Å²) >= 11 is 0. The Morgan fingerprint density at radius 3 is 3.00 bits per heavy atom. The second-order valence-electron chi connectivity index (χ2n) is 2.89. The summed E-state index contributed by atoms with van der Waals surface area (Å²) in [6.07, 6.45) is 0.822. The second-order valence-corrected chi connectivity index (χ2v) is 2.89. The van der Waals surface area contributed by atoms with Gasteiger partial charge in [0, 0.05) is 12.7 Å². The van der Waals surface area contributed by atoms with E-state index in [4.69, 9.17) is 0 Å². The fourth-order valence-electron chi connectivity index (χ4n) is 1.08. The van der Waals surface area contributed by atoms with E-state index in [1.165, 1.54) is 7.11 Å². The number of aromatic nitrogens is 2. The minimum atomic E-state index is -0.879. The quantitative estimate of drug-likeness (QED) is 0.715. The monoisotopic (exact) mass is 198 g/mol. The molecule has 0 aliphatic heterocycles. The molecular formula is C9H14N2O3. The van der Waals surface area contributed by atoms with Crippen molar-refractivity contribution in [1.29, 1.82) is 0 Å². The number of carbonyl (C=O) groups is 1. The van der Waals surface area contributed by atoms with Gasteiger partial charge in [-0.15, -0.1) is 0 Å². The summed E-state index contributed by atoms with van der Waals surface area (Å²) in [4.78, 5) is 10.9. The Balaban J connectivity index is 2.60. The summed E-state index contributed by atoms with van der Waals surface area (Å²) in [6.45, 7) is 2.69. The van der Waals surface area contributed by atoms with Gasteiger partial charge in [-0.25, -0.2) is 0 Å². The Morgan fingerprint density at radius 1 is 1.79 bits per heavy atom. The minimum Gasteiger partial charge on any atom is -0.469 e. The van der Waals surface area contributed by atoms with Crippen LogP contribution in [-0.2, 0) is 16.1 Å². The van der Waals surface area contributed by atoms with Gasteiger partial charge in [0.15, 0.2) is 0 Å². The van der Waals surface area contributed by atoms with Crippen LogP contribution in [0, 0.1) is 0 Å². The van der Waals surface area contributed by atoms with Crippen LogP contribution in [0.25, 0.3) is 0 Å². The zero-order chi connectivity index (χ0) is 10.6. The molecule has 1 heterocycles. The summed E-state index contributed by atoms with van der Waals surface area (Å²) in [5.74, 6) is -0.441. The third-order valence-corrected chi connectivity index (χ3v) is 1.91. The van der Waals surface area contributed by atoms with Crippen molar-refractivity contribution in [2.45, 2.75) is 26.0 Å². The molecule has 0 saturated heterocycles. The SMILES string of the molecule is CCn1ccc([C@H](O)CC(=O)OC)n1. The van der Waals surface area contributed by atoms with Gasteiger partial charge in [0.1, 0.15) is 6.10 Å². The van der Waals surface area contributed by atoms with Gasteiger partial charge >= 0.3 is 5.97 Å². The van der Waals surface area contributed by atoms with Gasteiger partial charge < -0.3 is 9.84 Å². The standard InChI is InChI=1S/C9H14N2O3/c1-3-11-5-4-7(10-11)8(12)6-9(13)14-2/h4-5,8,12H,3,6H2,1-2H3/t8-/m1/s1. The van der Waals surface area contributed by atoms with E-state index in [0.717, 1.165) is 6.54 Å². The molecule has 0 aliphatic carbocycles. The van der Waals surface area contributed by atoms with Gasteiger partial charge in [0.2, 0.25) is 0 Å². The van der Waals surface area contributed by atoms with Crippen molar-refractivity contribution in [1.82, 2.24) is 9.78 Å². The molecule has 1 rings (SSSR count). The average Bonchev–Trinajstić information content (AvgIpc) is 2.65. The topological polar surface area (TPSA) is 64.4 Å². The zero-order valence-electron chi connectivity index (χ0n) is 8.30. The molecule has 5 nitrogen and oxygen atoms in total. The summed E-state index contributed by atoms with van der Waals surface area (Å²) in [6, 6.07) is 1.69. The van der Waals surface area contributed by atoms with E-state index in [9.17, 15) is 9.90 Å². The van der Waals surface area contributed by atoms with Gasteiger partial charge in [-0.1, -0.05) is 0 Å². The first kappa shape index (κ1) is 10.7. The van der Waals surface area contributed by atoms with Crippen LogP contribution in [-0.4, -0.2) is 28.0 Å². The first-order chi connectivity index (χ1) is 6.67. The molecule has 1 N–H and O–H groups in total. The smallest absolute Gasteiger partial charge is 0.308 e. The Hall–Kier alpha value is -1.36. The van der Waals surface area contributed by atoms with E-state index in [1.807, 2.05) is 6.92 Å². The molecule has 0 saturated carbocycles. The number of aliphatic hydroxyl groups excluding tert-OH is 1. The summed E-state index contributed by atoms with van der Waals surface area (Å²) in [5.41, 5.74) is 0.497. The average molecular weight is 198 g/mol. The second kappa shape index (κ2) is 4.76. The molecule has 5 heteroatoms. The molecule has 14 heavy (non-hydrogen) atoms. The molecule has 78 valence electrons. The molecule has 0 fully saturated rings. The van der Waals surface area contributed by atoms with Gasteiger partial charge in [0.05, 0.1) is 19.2 Å². The lowest BCUT2D eigenvalue weighted by atomic mass is 10.2. The van der Waals surface area contributed by atoms with Crippen LogP contribution >= 0.6 is 0 Å². The van der Waals surface area contributed by atoms with Crippen molar-refractivity contribution in [2.24, 2.45) is 0 Å². The van der Waals surface area contributed by atoms with Gasteiger partial charge in [-0.3, -0.25) is 9.48 Å². The number of methoxy groups -OCH3 is 1. The Morgan fingerprint density at radius 2 is 2.50 bits per heavy atom. The Bertz CT molecular complexity index is 309. The first-order valence-electron chi connectivity index (χ1n) is 4.45. The maximum atomic E-state index is 10.9. The fraction of sp³-hybridized carbons (Fsp3) is 0.556. The van der Waals surface area contributed by atoms with Crippen LogP contribution in [0.4, 0.5) is 0 Å². The van der Waals surface area contributed by atoms with Crippen molar-refractivity contribution in [3.05, 3.63) is 18.0 Å². The van der Waals surface area contributed by atoms with E-state index in [2.05, 4.69) is 9.84 Å². The molecule has 0 unspecified atom stereocenters. The number of nitrogens with zero attached hydrogens (tertiary/aromatic N) is 2. The van der Waals surface area contributed by atoms with E-state index in [-0.39, 0.29) is 6.42 Å². The van der Waals surface area contributed by atoms with Crippen molar-refractivity contribution in [3.63, 3.8) is 0 Å². The molecule has 1 atom stereocenters. The number of aryl methyl sites for hydroxylation is 1. The van der Waals surface area contributed by atoms with Crippen LogP contribution in [0.5, 0.6) is 0 Å². The predicted octanol–water partition coefficient (Wildman–Crippen LogP) is 0.499. The Labute approximate surface area is 82.3 Å². The Kier molecular flexibility index (Phi) is 3.64. The molecule has 0 aromatic carbocycles. The highest BCUT2D eigenvalue weighted by atomic mass is 16.5. The maximum Gasteiger partial charge on any atom is 0.308 e. The third kappa shape index (κ3) is 2.56. The summed E-state index contributed by atoms with van der Waals surface area (Å²) in [7, 11) is 1.29. The van der Waals surface area contributed by atoms with E-state index in [0.29, 0.717) is 5.69 Å². The molecule has 0 radical (unpaired) electrons.